The number of thiazole rings is 1. The molecule has 3 aromatic rings. The lowest BCUT2D eigenvalue weighted by Gasteiger charge is -2.17. The first-order chi connectivity index (χ1) is 11.7. The lowest BCUT2D eigenvalue weighted by molar-refractivity contribution is 0.304. The van der Waals surface area contributed by atoms with Crippen molar-refractivity contribution < 1.29 is 9.84 Å². The number of hydrogen-bond donors (Lipinski definition) is 1. The summed E-state index contributed by atoms with van der Waals surface area (Å²) in [6.45, 7) is 0.719. The van der Waals surface area contributed by atoms with Gasteiger partial charge in [0.05, 0.1) is 29.6 Å². The largest absolute Gasteiger partial charge is 0.497 e. The van der Waals surface area contributed by atoms with Crippen molar-refractivity contribution in [2.75, 3.05) is 32.2 Å². The molecule has 2 aromatic carbocycles. The quantitative estimate of drug-likeness (QED) is 0.683. The molecule has 0 amide bonds. The van der Waals surface area contributed by atoms with E-state index in [2.05, 4.69) is 15.2 Å². The van der Waals surface area contributed by atoms with Gasteiger partial charge in [0.1, 0.15) is 5.75 Å². The van der Waals surface area contributed by atoms with Crippen LogP contribution in [0.2, 0.25) is 0 Å². The van der Waals surface area contributed by atoms with E-state index in [0.29, 0.717) is 11.7 Å². The maximum Gasteiger partial charge on any atom is 0.231 e. The number of methoxy groups -OCH3 is 1. The molecular weight excluding hydrogens is 324 g/mol. The Kier molecular flexibility index (Phi) is 5.02. The number of nitrogens with zero attached hydrogens (tertiary/aromatic N) is 4. The predicted octanol–water partition coefficient (Wildman–Crippen LogP) is 4.15. The maximum atomic E-state index is 8.97. The summed E-state index contributed by atoms with van der Waals surface area (Å²) in [5, 5.41) is 18.0. The normalized spacial score (nSPS) is 11.3. The van der Waals surface area contributed by atoms with Gasteiger partial charge in [0.2, 0.25) is 5.13 Å². The number of hydrogen-bond acceptors (Lipinski definition) is 7. The number of rotatable bonds is 6. The van der Waals surface area contributed by atoms with Crippen molar-refractivity contribution in [3.8, 4) is 5.75 Å². The third kappa shape index (κ3) is 3.69. The van der Waals surface area contributed by atoms with Crippen LogP contribution in [-0.4, -0.2) is 37.4 Å². The van der Waals surface area contributed by atoms with Crippen LogP contribution in [0.25, 0.3) is 10.2 Å². The molecule has 6 nitrogen and oxygen atoms in total. The van der Waals surface area contributed by atoms with Gasteiger partial charge in [-0.15, -0.1) is 10.2 Å². The number of aromatic nitrogens is 1. The number of ether oxygens (including phenoxy) is 1. The van der Waals surface area contributed by atoms with Gasteiger partial charge in [-0.25, -0.2) is 4.98 Å². The molecule has 0 fully saturated rings. The summed E-state index contributed by atoms with van der Waals surface area (Å²) in [5.74, 6) is 0.803. The van der Waals surface area contributed by atoms with Crippen LogP contribution >= 0.6 is 11.3 Å². The van der Waals surface area contributed by atoms with Crippen LogP contribution in [0.5, 0.6) is 5.75 Å². The predicted molar refractivity (Wildman–Crippen MR) is 97.1 cm³/mol. The van der Waals surface area contributed by atoms with Crippen molar-refractivity contribution in [1.82, 2.24) is 4.98 Å². The van der Waals surface area contributed by atoms with Crippen molar-refractivity contribution in [1.29, 1.82) is 0 Å². The lowest BCUT2D eigenvalue weighted by Crippen LogP contribution is -2.20. The molecule has 0 radical (unpaired) electrons. The zero-order valence-corrected chi connectivity index (χ0v) is 14.3. The van der Waals surface area contributed by atoms with Crippen molar-refractivity contribution in [2.24, 2.45) is 10.2 Å². The number of fused-ring (bicyclic) bond motifs is 1. The third-order valence-corrected chi connectivity index (χ3v) is 4.46. The number of benzene rings is 2. The van der Waals surface area contributed by atoms with E-state index in [1.54, 1.807) is 7.11 Å². The summed E-state index contributed by atoms with van der Waals surface area (Å²) in [4.78, 5) is 6.41. The molecule has 124 valence electrons. The fraction of sp³-hybridized carbons (Fsp3) is 0.235. The Balaban J connectivity index is 1.75. The Morgan fingerprint density at radius 2 is 1.96 bits per heavy atom. The summed E-state index contributed by atoms with van der Waals surface area (Å²) < 4.78 is 6.23. The maximum absolute atomic E-state index is 8.97. The highest BCUT2D eigenvalue weighted by atomic mass is 32.1. The molecule has 0 aliphatic heterocycles. The second kappa shape index (κ2) is 7.37. The van der Waals surface area contributed by atoms with Crippen LogP contribution in [0.15, 0.2) is 52.7 Å². The molecule has 0 atom stereocenters. The molecule has 0 aliphatic rings. The molecule has 1 N–H and O–H groups in total. The second-order valence-corrected chi connectivity index (χ2v) is 6.20. The summed E-state index contributed by atoms with van der Waals surface area (Å²) in [6, 6.07) is 13.4. The fourth-order valence-corrected chi connectivity index (χ4v) is 3.03. The molecule has 1 heterocycles. The summed E-state index contributed by atoms with van der Waals surface area (Å²) in [6.07, 6.45) is 0. The van der Waals surface area contributed by atoms with E-state index in [1.807, 2.05) is 54.4 Å². The zero-order valence-electron chi connectivity index (χ0n) is 13.5. The van der Waals surface area contributed by atoms with Gasteiger partial charge in [-0.1, -0.05) is 11.3 Å². The van der Waals surface area contributed by atoms with E-state index in [4.69, 9.17) is 9.84 Å². The third-order valence-electron chi connectivity index (χ3n) is 3.56. The van der Waals surface area contributed by atoms with E-state index in [0.717, 1.165) is 27.3 Å². The molecule has 0 saturated carbocycles. The molecule has 0 unspecified atom stereocenters. The van der Waals surface area contributed by atoms with E-state index in [9.17, 15) is 0 Å². The molecule has 0 bridgehead atoms. The first-order valence-corrected chi connectivity index (χ1v) is 8.29. The van der Waals surface area contributed by atoms with Gasteiger partial charge in [0, 0.05) is 19.3 Å². The summed E-state index contributed by atoms with van der Waals surface area (Å²) in [5.41, 5.74) is 2.67. The molecule has 0 aliphatic carbocycles. The number of aliphatic hydroxyl groups excluding tert-OH is 1. The number of anilines is 1. The van der Waals surface area contributed by atoms with Crippen molar-refractivity contribution in [3.05, 3.63) is 42.5 Å². The average Bonchev–Trinajstić information content (AvgIpc) is 3.02. The Morgan fingerprint density at radius 1 is 1.17 bits per heavy atom. The van der Waals surface area contributed by atoms with Crippen molar-refractivity contribution >= 4 is 38.1 Å². The molecule has 0 saturated heterocycles. The first-order valence-electron chi connectivity index (χ1n) is 7.48. The van der Waals surface area contributed by atoms with Crippen LogP contribution in [0.4, 0.5) is 16.5 Å². The number of aliphatic hydroxyl groups is 1. The smallest absolute Gasteiger partial charge is 0.231 e. The van der Waals surface area contributed by atoms with Gasteiger partial charge >= 0.3 is 0 Å². The second-order valence-electron chi connectivity index (χ2n) is 5.19. The van der Waals surface area contributed by atoms with Gasteiger partial charge in [-0.2, -0.15) is 0 Å². The molecule has 3 rings (SSSR count). The molecule has 1 aromatic heterocycles. The fourth-order valence-electron chi connectivity index (χ4n) is 2.22. The van der Waals surface area contributed by atoms with E-state index >= 15 is 0 Å². The van der Waals surface area contributed by atoms with Gasteiger partial charge in [0.25, 0.3) is 0 Å². The van der Waals surface area contributed by atoms with Gasteiger partial charge < -0.3 is 14.7 Å². The van der Waals surface area contributed by atoms with Crippen molar-refractivity contribution in [3.63, 3.8) is 0 Å². The lowest BCUT2D eigenvalue weighted by atomic mass is 10.2. The number of likely N-dealkylation sites (N-methyl/N-ethyl adjacent to an activating group) is 1. The molecule has 24 heavy (non-hydrogen) atoms. The topological polar surface area (TPSA) is 70.3 Å². The Hall–Kier alpha value is -2.51. The van der Waals surface area contributed by atoms with Crippen molar-refractivity contribution in [2.45, 2.75) is 0 Å². The standard InChI is InChI=1S/C17H18N4O2S/c1-21(9-10-22)13-5-3-12(4-6-13)19-20-17-18-15-8-7-14(23-2)11-16(15)24-17/h3-8,11,22H,9-10H2,1-2H3. The highest BCUT2D eigenvalue weighted by Gasteiger charge is 2.04. The monoisotopic (exact) mass is 342 g/mol. The minimum absolute atomic E-state index is 0.125. The number of azo groups is 1. The van der Waals surface area contributed by atoms with Crippen LogP contribution in [-0.2, 0) is 0 Å². The van der Waals surface area contributed by atoms with Crippen LogP contribution in [0, 0.1) is 0 Å². The van der Waals surface area contributed by atoms with Crippen LogP contribution in [0.1, 0.15) is 0 Å². The molecule has 7 heteroatoms. The highest BCUT2D eigenvalue weighted by molar-refractivity contribution is 7.21. The molecular formula is C17H18N4O2S. The minimum Gasteiger partial charge on any atom is -0.497 e. The minimum atomic E-state index is 0.125. The Bertz CT molecular complexity index is 845. The van der Waals surface area contributed by atoms with E-state index in [-0.39, 0.29) is 6.61 Å². The van der Waals surface area contributed by atoms with Crippen LogP contribution < -0.4 is 9.64 Å². The van der Waals surface area contributed by atoms with E-state index < -0.39 is 0 Å². The Morgan fingerprint density at radius 3 is 2.67 bits per heavy atom. The van der Waals surface area contributed by atoms with Gasteiger partial charge in [-0.3, -0.25) is 0 Å². The summed E-state index contributed by atoms with van der Waals surface area (Å²) >= 11 is 1.47. The van der Waals surface area contributed by atoms with E-state index in [1.165, 1.54) is 11.3 Å². The van der Waals surface area contributed by atoms with Crippen LogP contribution in [0.3, 0.4) is 0 Å². The highest BCUT2D eigenvalue weighted by Crippen LogP contribution is 2.31. The summed E-state index contributed by atoms with van der Waals surface area (Å²) in [7, 11) is 3.58. The average molecular weight is 342 g/mol. The SMILES string of the molecule is COc1ccc2nc(N=Nc3ccc(N(C)CCO)cc3)sc2c1. The van der Waals surface area contributed by atoms with Gasteiger partial charge in [0.15, 0.2) is 0 Å². The first kappa shape index (κ1) is 16.4. The molecule has 0 spiro atoms. The Labute approximate surface area is 144 Å². The van der Waals surface area contributed by atoms with Gasteiger partial charge in [-0.05, 0) is 42.5 Å². The zero-order chi connectivity index (χ0) is 16.9.